The fraction of sp³-hybridized carbons (Fsp3) is 0.600. The third kappa shape index (κ3) is 3.27. The van der Waals surface area contributed by atoms with Crippen LogP contribution < -0.4 is 0 Å². The number of carboxylic acid groups (broad SMARTS) is 1. The lowest BCUT2D eigenvalue weighted by molar-refractivity contribution is -0.139. The number of carbonyl (C=O) groups excluding carboxylic acids is 1. The molecule has 1 atom stereocenters. The van der Waals surface area contributed by atoms with Gasteiger partial charge in [0.05, 0.1) is 13.0 Å². The fourth-order valence-corrected chi connectivity index (χ4v) is 4.16. The molecule has 0 radical (unpaired) electrons. The third-order valence-corrected chi connectivity index (χ3v) is 5.43. The van der Waals surface area contributed by atoms with Crippen LogP contribution in [0.2, 0.25) is 0 Å². The highest BCUT2D eigenvalue weighted by Crippen LogP contribution is 2.25. The smallest absolute Gasteiger partial charge is 0.304 e. The lowest BCUT2D eigenvalue weighted by Crippen LogP contribution is -2.44. The molecule has 1 N–H and O–H groups in total. The summed E-state index contributed by atoms with van der Waals surface area (Å²) < 4.78 is 0. The molecule has 1 unspecified atom stereocenters. The van der Waals surface area contributed by atoms with Gasteiger partial charge >= 0.3 is 5.97 Å². The first-order chi connectivity index (χ1) is 10.1. The minimum Gasteiger partial charge on any atom is -0.481 e. The number of nitrogens with zero attached hydrogens (tertiary/aromatic N) is 2. The van der Waals surface area contributed by atoms with Crippen molar-refractivity contribution in [2.45, 2.75) is 38.3 Å². The summed E-state index contributed by atoms with van der Waals surface area (Å²) in [6.45, 7) is 2.68. The zero-order chi connectivity index (χ0) is 14.8. The summed E-state index contributed by atoms with van der Waals surface area (Å²) in [5.41, 5.74) is 1.27. The molecule has 2 aliphatic rings. The van der Waals surface area contributed by atoms with Gasteiger partial charge in [0.25, 0.3) is 0 Å². The molecule has 1 fully saturated rings. The van der Waals surface area contributed by atoms with Crippen LogP contribution in [0.25, 0.3) is 0 Å². The van der Waals surface area contributed by atoms with Gasteiger partial charge in [0.2, 0.25) is 5.91 Å². The van der Waals surface area contributed by atoms with Gasteiger partial charge in [-0.3, -0.25) is 14.5 Å². The van der Waals surface area contributed by atoms with Gasteiger partial charge in [-0.2, -0.15) is 0 Å². The van der Waals surface area contributed by atoms with Gasteiger partial charge in [-0.05, 0) is 42.8 Å². The normalized spacial score (nSPS) is 22.3. The van der Waals surface area contributed by atoms with E-state index in [9.17, 15) is 9.59 Å². The maximum absolute atomic E-state index is 12.5. The molecule has 2 aliphatic heterocycles. The molecule has 21 heavy (non-hydrogen) atoms. The standard InChI is InChI=1S/C15H20N2O3S/c18-14(10-16-5-1-2-12(16)8-15(19)20)17-6-3-13-11(9-17)4-7-21-13/h4,7,12H,1-3,5-6,8-10H2,(H,19,20). The number of carbonyl (C=O) groups is 2. The van der Waals surface area contributed by atoms with Gasteiger partial charge in [0, 0.05) is 24.0 Å². The van der Waals surface area contributed by atoms with Crippen molar-refractivity contribution >= 4 is 23.2 Å². The number of carboxylic acids is 1. The Kier molecular flexibility index (Phi) is 4.26. The first kappa shape index (κ1) is 14.5. The summed E-state index contributed by atoms with van der Waals surface area (Å²) in [5.74, 6) is -0.649. The van der Waals surface area contributed by atoms with Crippen LogP contribution in [-0.4, -0.2) is 52.5 Å². The molecule has 114 valence electrons. The number of aliphatic carboxylic acids is 1. The van der Waals surface area contributed by atoms with Gasteiger partial charge in [-0.25, -0.2) is 0 Å². The summed E-state index contributed by atoms with van der Waals surface area (Å²) in [6, 6.07) is 2.12. The summed E-state index contributed by atoms with van der Waals surface area (Å²) in [5, 5.41) is 11.0. The Morgan fingerprint density at radius 1 is 1.38 bits per heavy atom. The number of rotatable bonds is 4. The number of amides is 1. The Morgan fingerprint density at radius 2 is 2.24 bits per heavy atom. The van der Waals surface area contributed by atoms with Crippen LogP contribution >= 0.6 is 11.3 Å². The molecular weight excluding hydrogens is 288 g/mol. The molecule has 0 aromatic carbocycles. The van der Waals surface area contributed by atoms with Crippen molar-refractivity contribution in [1.29, 1.82) is 0 Å². The summed E-state index contributed by atoms with van der Waals surface area (Å²) in [7, 11) is 0. The van der Waals surface area contributed by atoms with Gasteiger partial charge in [0.1, 0.15) is 0 Å². The number of likely N-dealkylation sites (tertiary alicyclic amines) is 1. The summed E-state index contributed by atoms with van der Waals surface area (Å²) in [4.78, 5) is 28.7. The third-order valence-electron chi connectivity index (χ3n) is 4.41. The lowest BCUT2D eigenvalue weighted by Gasteiger charge is -2.30. The van der Waals surface area contributed by atoms with E-state index in [4.69, 9.17) is 5.11 Å². The molecular formula is C15H20N2O3S. The minimum atomic E-state index is -0.778. The van der Waals surface area contributed by atoms with Crippen molar-refractivity contribution in [3.8, 4) is 0 Å². The van der Waals surface area contributed by atoms with E-state index in [0.29, 0.717) is 13.1 Å². The van der Waals surface area contributed by atoms with Crippen LogP contribution in [0.3, 0.4) is 0 Å². The Hall–Kier alpha value is -1.40. The average molecular weight is 308 g/mol. The van der Waals surface area contributed by atoms with E-state index in [1.807, 2.05) is 9.80 Å². The number of hydrogen-bond donors (Lipinski definition) is 1. The second-order valence-corrected chi connectivity index (χ2v) is 6.80. The van der Waals surface area contributed by atoms with Gasteiger partial charge < -0.3 is 10.0 Å². The quantitative estimate of drug-likeness (QED) is 0.917. The predicted octanol–water partition coefficient (Wildman–Crippen LogP) is 1.57. The molecule has 1 saturated heterocycles. The van der Waals surface area contributed by atoms with E-state index >= 15 is 0 Å². The molecule has 3 heterocycles. The molecule has 5 nitrogen and oxygen atoms in total. The highest BCUT2D eigenvalue weighted by molar-refractivity contribution is 7.10. The van der Waals surface area contributed by atoms with E-state index in [1.54, 1.807) is 11.3 Å². The summed E-state index contributed by atoms with van der Waals surface area (Å²) in [6.07, 6.45) is 2.95. The SMILES string of the molecule is O=C(O)CC1CCCN1CC(=O)N1CCc2sccc2C1. The molecule has 0 saturated carbocycles. The van der Waals surface area contributed by atoms with Gasteiger partial charge in [0.15, 0.2) is 0 Å². The Morgan fingerprint density at radius 3 is 3.05 bits per heavy atom. The monoisotopic (exact) mass is 308 g/mol. The predicted molar refractivity (Wildman–Crippen MR) is 80.3 cm³/mol. The lowest BCUT2D eigenvalue weighted by atomic mass is 10.1. The van der Waals surface area contributed by atoms with Crippen LogP contribution in [0, 0.1) is 0 Å². The molecule has 0 bridgehead atoms. The van der Waals surface area contributed by atoms with E-state index < -0.39 is 5.97 Å². The van der Waals surface area contributed by atoms with E-state index in [2.05, 4.69) is 11.4 Å². The first-order valence-corrected chi connectivity index (χ1v) is 8.30. The minimum absolute atomic E-state index is 0.0212. The largest absolute Gasteiger partial charge is 0.481 e. The second kappa shape index (κ2) is 6.15. The van der Waals surface area contributed by atoms with Crippen molar-refractivity contribution in [1.82, 2.24) is 9.80 Å². The molecule has 3 rings (SSSR count). The topological polar surface area (TPSA) is 60.9 Å². The molecule has 1 aromatic heterocycles. The highest BCUT2D eigenvalue weighted by Gasteiger charge is 2.30. The van der Waals surface area contributed by atoms with Crippen LogP contribution in [0.4, 0.5) is 0 Å². The molecule has 1 amide bonds. The number of hydrogen-bond acceptors (Lipinski definition) is 4. The Labute approximate surface area is 128 Å². The van der Waals surface area contributed by atoms with Crippen LogP contribution in [0.5, 0.6) is 0 Å². The van der Waals surface area contributed by atoms with E-state index in [1.165, 1.54) is 10.4 Å². The second-order valence-electron chi connectivity index (χ2n) is 5.80. The molecule has 6 heteroatoms. The van der Waals surface area contributed by atoms with Crippen molar-refractivity contribution in [3.05, 3.63) is 21.9 Å². The number of thiophene rings is 1. The Balaban J connectivity index is 1.58. The van der Waals surface area contributed by atoms with Crippen molar-refractivity contribution in [2.24, 2.45) is 0 Å². The van der Waals surface area contributed by atoms with Crippen LogP contribution in [-0.2, 0) is 22.6 Å². The number of fused-ring (bicyclic) bond motifs is 1. The molecule has 0 spiro atoms. The van der Waals surface area contributed by atoms with E-state index in [0.717, 1.165) is 32.4 Å². The highest BCUT2D eigenvalue weighted by atomic mass is 32.1. The zero-order valence-corrected chi connectivity index (χ0v) is 12.8. The van der Waals surface area contributed by atoms with Crippen LogP contribution in [0.15, 0.2) is 11.4 Å². The van der Waals surface area contributed by atoms with Gasteiger partial charge in [-0.1, -0.05) is 0 Å². The zero-order valence-electron chi connectivity index (χ0n) is 12.0. The first-order valence-electron chi connectivity index (χ1n) is 7.42. The van der Waals surface area contributed by atoms with Crippen molar-refractivity contribution in [2.75, 3.05) is 19.6 Å². The molecule has 1 aromatic rings. The van der Waals surface area contributed by atoms with Crippen molar-refractivity contribution in [3.63, 3.8) is 0 Å². The fourth-order valence-electron chi connectivity index (χ4n) is 3.27. The van der Waals surface area contributed by atoms with Crippen molar-refractivity contribution < 1.29 is 14.7 Å². The van der Waals surface area contributed by atoms with Crippen LogP contribution in [0.1, 0.15) is 29.7 Å². The average Bonchev–Trinajstić information content (AvgIpc) is 3.06. The maximum Gasteiger partial charge on any atom is 0.304 e. The van der Waals surface area contributed by atoms with E-state index in [-0.39, 0.29) is 18.4 Å². The van der Waals surface area contributed by atoms with Gasteiger partial charge in [-0.15, -0.1) is 11.3 Å². The molecule has 0 aliphatic carbocycles. The maximum atomic E-state index is 12.5. The summed E-state index contributed by atoms with van der Waals surface area (Å²) >= 11 is 1.77. The Bertz CT molecular complexity index is 543.